The normalized spacial score (nSPS) is 12.2. The van der Waals surface area contributed by atoms with Gasteiger partial charge in [-0.05, 0) is 51.5 Å². The molecule has 2 heterocycles. The number of benzene rings is 1. The van der Waals surface area contributed by atoms with Gasteiger partial charge in [-0.3, -0.25) is 14.2 Å². The van der Waals surface area contributed by atoms with E-state index in [2.05, 4.69) is 15.5 Å². The van der Waals surface area contributed by atoms with E-state index >= 15 is 0 Å². The molecule has 0 radical (unpaired) electrons. The largest absolute Gasteiger partial charge is 0.321 e. The zero-order valence-electron chi connectivity index (χ0n) is 15.3. The molecule has 136 valence electrons. The summed E-state index contributed by atoms with van der Waals surface area (Å²) in [6.45, 7) is 8.19. The lowest BCUT2D eigenvalue weighted by molar-refractivity contribution is -0.119. The van der Waals surface area contributed by atoms with Crippen LogP contribution >= 0.6 is 11.6 Å². The van der Waals surface area contributed by atoms with Gasteiger partial charge in [0.25, 0.3) is 0 Å². The van der Waals surface area contributed by atoms with Gasteiger partial charge in [0, 0.05) is 16.9 Å². The van der Waals surface area contributed by atoms with Gasteiger partial charge in [-0.15, -0.1) is 0 Å². The van der Waals surface area contributed by atoms with Gasteiger partial charge in [-0.25, -0.2) is 0 Å². The molecule has 0 bridgehead atoms. The molecule has 6 nitrogen and oxygen atoms in total. The molecule has 7 heteroatoms. The minimum atomic E-state index is -0.403. The molecule has 3 aromatic rings. The second kappa shape index (κ2) is 7.33. The molecule has 26 heavy (non-hydrogen) atoms. The molecule has 0 saturated heterocycles. The number of amides is 1. The number of aromatic nitrogens is 4. The molecule has 3 rings (SSSR count). The van der Waals surface area contributed by atoms with Crippen LogP contribution in [0, 0.1) is 20.8 Å². The second-order valence-electron chi connectivity index (χ2n) is 6.42. The van der Waals surface area contributed by atoms with Crippen molar-refractivity contribution in [3.8, 4) is 0 Å². The van der Waals surface area contributed by atoms with E-state index in [1.807, 2.05) is 62.7 Å². The zero-order chi connectivity index (χ0) is 18.8. The first-order valence-corrected chi connectivity index (χ1v) is 8.84. The summed E-state index contributed by atoms with van der Waals surface area (Å²) >= 11 is 6.06. The summed E-state index contributed by atoms with van der Waals surface area (Å²) in [5.41, 5.74) is 4.43. The number of hydrogen-bond donors (Lipinski definition) is 1. The van der Waals surface area contributed by atoms with Crippen LogP contribution in [0.5, 0.6) is 0 Å². The van der Waals surface area contributed by atoms with Crippen molar-refractivity contribution in [3.63, 3.8) is 0 Å². The van der Waals surface area contributed by atoms with Crippen molar-refractivity contribution in [2.45, 2.75) is 40.3 Å². The van der Waals surface area contributed by atoms with Crippen molar-refractivity contribution in [2.75, 3.05) is 5.32 Å². The van der Waals surface area contributed by atoms with Crippen molar-refractivity contribution in [1.29, 1.82) is 0 Å². The molecule has 1 N–H and O–H groups in total. The second-order valence-corrected chi connectivity index (χ2v) is 6.85. The van der Waals surface area contributed by atoms with Gasteiger partial charge >= 0.3 is 0 Å². The van der Waals surface area contributed by atoms with Gasteiger partial charge < -0.3 is 5.32 Å². The molecule has 0 aliphatic heterocycles. The van der Waals surface area contributed by atoms with Crippen LogP contribution in [0.3, 0.4) is 0 Å². The van der Waals surface area contributed by atoms with Crippen LogP contribution in [0.25, 0.3) is 0 Å². The molecule has 2 aromatic heterocycles. The van der Waals surface area contributed by atoms with E-state index in [-0.39, 0.29) is 5.91 Å². The summed E-state index contributed by atoms with van der Waals surface area (Å²) in [6.07, 6.45) is 1.69. The van der Waals surface area contributed by atoms with Gasteiger partial charge in [0.15, 0.2) is 0 Å². The highest BCUT2D eigenvalue weighted by atomic mass is 35.5. The molecule has 1 unspecified atom stereocenters. The highest BCUT2D eigenvalue weighted by Crippen LogP contribution is 2.22. The number of nitrogens with zero attached hydrogens (tertiary/aromatic N) is 4. The van der Waals surface area contributed by atoms with Crippen molar-refractivity contribution in [3.05, 3.63) is 64.2 Å². The molecular weight excluding hydrogens is 350 g/mol. The Kier molecular flexibility index (Phi) is 5.13. The van der Waals surface area contributed by atoms with Crippen LogP contribution in [0.4, 0.5) is 5.69 Å². The smallest absolute Gasteiger partial charge is 0.249 e. The third kappa shape index (κ3) is 3.65. The lowest BCUT2D eigenvalue weighted by Gasteiger charge is -2.14. The van der Waals surface area contributed by atoms with Crippen LogP contribution in [-0.4, -0.2) is 25.5 Å². The predicted molar refractivity (Wildman–Crippen MR) is 103 cm³/mol. The Morgan fingerprint density at radius 3 is 2.69 bits per heavy atom. The third-order valence-corrected chi connectivity index (χ3v) is 4.70. The minimum absolute atomic E-state index is 0.120. The SMILES string of the molecule is Cc1nn(Cc2cccc(Cl)c2)c(C)c1NC(=O)C(C)n1nccc1C. The number of anilines is 1. The van der Waals surface area contributed by atoms with Crippen LogP contribution in [0.1, 0.15) is 35.6 Å². The highest BCUT2D eigenvalue weighted by molar-refractivity contribution is 6.30. The van der Waals surface area contributed by atoms with Gasteiger partial charge in [0.05, 0.1) is 23.6 Å². The molecule has 0 fully saturated rings. The molecule has 1 atom stereocenters. The monoisotopic (exact) mass is 371 g/mol. The van der Waals surface area contributed by atoms with E-state index in [0.717, 1.165) is 28.3 Å². The maximum Gasteiger partial charge on any atom is 0.249 e. The Bertz CT molecular complexity index is 943. The van der Waals surface area contributed by atoms with Crippen LogP contribution < -0.4 is 5.32 Å². The number of hydrogen-bond acceptors (Lipinski definition) is 3. The number of carbonyl (C=O) groups is 1. The minimum Gasteiger partial charge on any atom is -0.321 e. The number of rotatable bonds is 5. The fourth-order valence-corrected chi connectivity index (χ4v) is 3.18. The number of carbonyl (C=O) groups excluding carboxylic acids is 1. The quantitative estimate of drug-likeness (QED) is 0.739. The van der Waals surface area contributed by atoms with Crippen molar-refractivity contribution in [2.24, 2.45) is 0 Å². The lowest BCUT2D eigenvalue weighted by atomic mass is 10.2. The standard InChI is InChI=1S/C19H22ClN5O/c1-12-8-9-21-25(12)15(4)19(26)22-18-13(2)23-24(14(18)3)11-16-6-5-7-17(20)10-16/h5-10,15H,11H2,1-4H3,(H,22,26). The molecule has 0 aliphatic carbocycles. The Morgan fingerprint density at radius 1 is 1.27 bits per heavy atom. The van der Waals surface area contributed by atoms with Crippen molar-refractivity contribution >= 4 is 23.2 Å². The van der Waals surface area contributed by atoms with Crippen LogP contribution in [0.15, 0.2) is 36.5 Å². The van der Waals surface area contributed by atoms with E-state index in [1.165, 1.54) is 0 Å². The summed E-state index contributed by atoms with van der Waals surface area (Å²) in [6, 6.07) is 9.15. The summed E-state index contributed by atoms with van der Waals surface area (Å²) in [4.78, 5) is 12.7. The van der Waals surface area contributed by atoms with Gasteiger partial charge in [-0.2, -0.15) is 10.2 Å². The number of aryl methyl sites for hydroxylation is 2. The van der Waals surface area contributed by atoms with Gasteiger partial charge in [0.1, 0.15) is 6.04 Å². The van der Waals surface area contributed by atoms with Crippen molar-refractivity contribution in [1.82, 2.24) is 19.6 Å². The average Bonchev–Trinajstić information content (AvgIpc) is 3.13. The first-order chi connectivity index (χ1) is 12.4. The van der Waals surface area contributed by atoms with Gasteiger partial charge in [0.2, 0.25) is 5.91 Å². The first kappa shape index (κ1) is 18.2. The lowest BCUT2D eigenvalue weighted by Crippen LogP contribution is -2.25. The summed E-state index contributed by atoms with van der Waals surface area (Å²) in [5, 5.41) is 12.5. The highest BCUT2D eigenvalue weighted by Gasteiger charge is 2.20. The van der Waals surface area contributed by atoms with E-state index in [0.29, 0.717) is 11.6 Å². The molecule has 0 spiro atoms. The van der Waals surface area contributed by atoms with Crippen LogP contribution in [-0.2, 0) is 11.3 Å². The van der Waals surface area contributed by atoms with E-state index in [9.17, 15) is 4.79 Å². The Morgan fingerprint density at radius 2 is 2.04 bits per heavy atom. The van der Waals surface area contributed by atoms with Gasteiger partial charge in [-0.1, -0.05) is 23.7 Å². The molecule has 0 aliphatic rings. The molecule has 1 amide bonds. The topological polar surface area (TPSA) is 64.7 Å². The summed E-state index contributed by atoms with van der Waals surface area (Å²) < 4.78 is 3.58. The summed E-state index contributed by atoms with van der Waals surface area (Å²) in [7, 11) is 0. The molecular formula is C19H22ClN5O. The number of halogens is 1. The fraction of sp³-hybridized carbons (Fsp3) is 0.316. The Hall–Kier alpha value is -2.60. The first-order valence-electron chi connectivity index (χ1n) is 8.46. The maximum atomic E-state index is 12.7. The molecule has 1 aromatic carbocycles. The Labute approximate surface area is 157 Å². The van der Waals surface area contributed by atoms with E-state index in [1.54, 1.807) is 10.9 Å². The van der Waals surface area contributed by atoms with E-state index < -0.39 is 6.04 Å². The van der Waals surface area contributed by atoms with E-state index in [4.69, 9.17) is 11.6 Å². The maximum absolute atomic E-state index is 12.7. The Balaban J connectivity index is 1.79. The number of nitrogens with one attached hydrogen (secondary N) is 1. The third-order valence-electron chi connectivity index (χ3n) is 4.47. The molecule has 0 saturated carbocycles. The predicted octanol–water partition coefficient (Wildman–Crippen LogP) is 3.91. The average molecular weight is 372 g/mol. The fourth-order valence-electron chi connectivity index (χ4n) is 2.96. The zero-order valence-corrected chi connectivity index (χ0v) is 16.1. The summed E-state index contributed by atoms with van der Waals surface area (Å²) in [5.74, 6) is -0.120. The van der Waals surface area contributed by atoms with Crippen LogP contribution in [0.2, 0.25) is 5.02 Å². The van der Waals surface area contributed by atoms with Crippen molar-refractivity contribution < 1.29 is 4.79 Å².